The summed E-state index contributed by atoms with van der Waals surface area (Å²) in [6.45, 7) is 1.29. The number of carbonyl (C=O) groups excluding carboxylic acids is 2. The Balaban J connectivity index is 1.72. The molecule has 0 atom stereocenters. The molecule has 1 fully saturated rings. The maximum Gasteiger partial charge on any atom is 0.321 e. The van der Waals surface area contributed by atoms with Crippen LogP contribution < -0.4 is 15.5 Å². The molecule has 1 aliphatic rings. The summed E-state index contributed by atoms with van der Waals surface area (Å²) < 4.78 is 0. The lowest BCUT2D eigenvalue weighted by molar-refractivity contribution is 0.102. The van der Waals surface area contributed by atoms with Crippen molar-refractivity contribution < 1.29 is 9.59 Å². The zero-order valence-corrected chi connectivity index (χ0v) is 12.4. The van der Waals surface area contributed by atoms with Gasteiger partial charge in [0.1, 0.15) is 0 Å². The lowest BCUT2D eigenvalue weighted by Gasteiger charge is -2.14. The fourth-order valence-corrected chi connectivity index (χ4v) is 2.51. The van der Waals surface area contributed by atoms with Crippen LogP contribution in [0, 0.1) is 0 Å². The zero-order valence-electron chi connectivity index (χ0n) is 11.7. The molecular formula is C16H14ClN3O2. The van der Waals surface area contributed by atoms with Gasteiger partial charge in [-0.1, -0.05) is 23.7 Å². The number of benzene rings is 2. The molecule has 2 aromatic carbocycles. The first kappa shape index (κ1) is 14.4. The van der Waals surface area contributed by atoms with Gasteiger partial charge in [0, 0.05) is 24.5 Å². The standard InChI is InChI=1S/C16H14ClN3O2/c17-14-4-2-1-3-13(14)15(21)19-11-5-7-12(8-6-11)20-10-9-18-16(20)22/h1-8H,9-10H2,(H,18,22)(H,19,21). The second-order valence-electron chi connectivity index (χ2n) is 4.86. The van der Waals surface area contributed by atoms with Crippen LogP contribution in [-0.4, -0.2) is 25.0 Å². The van der Waals surface area contributed by atoms with E-state index in [9.17, 15) is 9.59 Å². The minimum absolute atomic E-state index is 0.104. The van der Waals surface area contributed by atoms with Crippen LogP contribution in [0.1, 0.15) is 10.4 Å². The van der Waals surface area contributed by atoms with Crippen molar-refractivity contribution in [2.24, 2.45) is 0 Å². The van der Waals surface area contributed by atoms with Crippen molar-refractivity contribution in [1.82, 2.24) is 5.32 Å². The van der Waals surface area contributed by atoms with Gasteiger partial charge in [-0.05, 0) is 36.4 Å². The van der Waals surface area contributed by atoms with Crippen LogP contribution in [0.4, 0.5) is 16.2 Å². The monoisotopic (exact) mass is 315 g/mol. The predicted octanol–water partition coefficient (Wildman–Crippen LogP) is 3.12. The molecule has 3 rings (SSSR count). The summed E-state index contributed by atoms with van der Waals surface area (Å²) in [7, 11) is 0. The molecule has 1 heterocycles. The Bertz CT molecular complexity index is 716. The van der Waals surface area contributed by atoms with Crippen molar-refractivity contribution >= 4 is 34.9 Å². The van der Waals surface area contributed by atoms with E-state index in [1.165, 1.54) is 0 Å². The topological polar surface area (TPSA) is 61.4 Å². The van der Waals surface area contributed by atoms with Crippen LogP contribution in [-0.2, 0) is 0 Å². The normalized spacial score (nSPS) is 13.9. The molecule has 0 spiro atoms. The van der Waals surface area contributed by atoms with E-state index in [4.69, 9.17) is 11.6 Å². The molecule has 5 nitrogen and oxygen atoms in total. The van der Waals surface area contributed by atoms with Gasteiger partial charge in [-0.15, -0.1) is 0 Å². The molecule has 112 valence electrons. The predicted molar refractivity (Wildman–Crippen MR) is 86.6 cm³/mol. The summed E-state index contributed by atoms with van der Waals surface area (Å²) in [4.78, 5) is 25.4. The number of amides is 3. The van der Waals surface area contributed by atoms with Crippen LogP contribution in [0.3, 0.4) is 0 Å². The number of hydrogen-bond donors (Lipinski definition) is 2. The van der Waals surface area contributed by atoms with Gasteiger partial charge in [-0.25, -0.2) is 4.79 Å². The highest BCUT2D eigenvalue weighted by Crippen LogP contribution is 2.21. The van der Waals surface area contributed by atoms with Crippen molar-refractivity contribution in [2.45, 2.75) is 0 Å². The number of halogens is 1. The van der Waals surface area contributed by atoms with E-state index in [2.05, 4.69) is 10.6 Å². The molecule has 3 amide bonds. The SMILES string of the molecule is O=C(Nc1ccc(N2CCNC2=O)cc1)c1ccccc1Cl. The summed E-state index contributed by atoms with van der Waals surface area (Å²) >= 11 is 6.00. The second-order valence-corrected chi connectivity index (χ2v) is 5.27. The molecule has 0 radical (unpaired) electrons. The fourth-order valence-electron chi connectivity index (χ4n) is 2.29. The third-order valence-electron chi connectivity index (χ3n) is 3.41. The molecular weight excluding hydrogens is 302 g/mol. The average Bonchev–Trinajstić information content (AvgIpc) is 2.94. The third kappa shape index (κ3) is 2.89. The number of carbonyl (C=O) groups is 2. The van der Waals surface area contributed by atoms with Crippen LogP contribution in [0.5, 0.6) is 0 Å². The van der Waals surface area contributed by atoms with Crippen LogP contribution in [0.25, 0.3) is 0 Å². The number of urea groups is 1. The summed E-state index contributed by atoms with van der Waals surface area (Å²) in [6.07, 6.45) is 0. The van der Waals surface area contributed by atoms with Crippen molar-refractivity contribution in [3.05, 3.63) is 59.1 Å². The first-order chi connectivity index (χ1) is 10.6. The molecule has 0 saturated carbocycles. The van der Waals surface area contributed by atoms with E-state index < -0.39 is 0 Å². The lowest BCUT2D eigenvalue weighted by Crippen LogP contribution is -2.27. The van der Waals surface area contributed by atoms with Gasteiger partial charge in [0.15, 0.2) is 0 Å². The molecule has 0 bridgehead atoms. The van der Waals surface area contributed by atoms with Gasteiger partial charge >= 0.3 is 6.03 Å². The van der Waals surface area contributed by atoms with Crippen LogP contribution in [0.15, 0.2) is 48.5 Å². The maximum atomic E-state index is 12.2. The summed E-state index contributed by atoms with van der Waals surface area (Å²) in [5, 5.41) is 5.94. The van der Waals surface area contributed by atoms with E-state index in [1.807, 2.05) is 0 Å². The first-order valence-electron chi connectivity index (χ1n) is 6.86. The highest BCUT2D eigenvalue weighted by Gasteiger charge is 2.20. The van der Waals surface area contributed by atoms with Crippen molar-refractivity contribution in [3.63, 3.8) is 0 Å². The van der Waals surface area contributed by atoms with E-state index in [0.29, 0.717) is 29.4 Å². The van der Waals surface area contributed by atoms with Crippen LogP contribution >= 0.6 is 11.6 Å². The number of rotatable bonds is 3. The van der Waals surface area contributed by atoms with Gasteiger partial charge in [0.05, 0.1) is 10.6 Å². The number of nitrogens with zero attached hydrogens (tertiary/aromatic N) is 1. The summed E-state index contributed by atoms with van der Waals surface area (Å²) in [5.41, 5.74) is 1.87. The molecule has 2 N–H and O–H groups in total. The minimum Gasteiger partial charge on any atom is -0.336 e. The Morgan fingerprint density at radius 3 is 2.50 bits per heavy atom. The second kappa shape index (κ2) is 6.07. The Labute approximate surface area is 132 Å². The molecule has 0 aromatic heterocycles. The van der Waals surface area contributed by atoms with Gasteiger partial charge in [0.2, 0.25) is 0 Å². The molecule has 22 heavy (non-hydrogen) atoms. The molecule has 0 aliphatic carbocycles. The minimum atomic E-state index is -0.266. The lowest BCUT2D eigenvalue weighted by atomic mass is 10.2. The Kier molecular flexibility index (Phi) is 3.98. The van der Waals surface area contributed by atoms with Crippen molar-refractivity contribution in [2.75, 3.05) is 23.3 Å². The molecule has 2 aromatic rings. The number of hydrogen-bond acceptors (Lipinski definition) is 2. The Morgan fingerprint density at radius 2 is 1.86 bits per heavy atom. The highest BCUT2D eigenvalue weighted by atomic mass is 35.5. The third-order valence-corrected chi connectivity index (χ3v) is 3.74. The highest BCUT2D eigenvalue weighted by molar-refractivity contribution is 6.34. The van der Waals surface area contributed by atoms with Gasteiger partial charge in [-0.2, -0.15) is 0 Å². The van der Waals surface area contributed by atoms with Crippen molar-refractivity contribution in [3.8, 4) is 0 Å². The zero-order chi connectivity index (χ0) is 15.5. The van der Waals surface area contributed by atoms with Crippen molar-refractivity contribution in [1.29, 1.82) is 0 Å². The average molecular weight is 316 g/mol. The van der Waals surface area contributed by atoms with Gasteiger partial charge in [0.25, 0.3) is 5.91 Å². The Morgan fingerprint density at radius 1 is 1.14 bits per heavy atom. The number of nitrogens with one attached hydrogen (secondary N) is 2. The van der Waals surface area contributed by atoms with Gasteiger partial charge in [-0.3, -0.25) is 9.69 Å². The van der Waals surface area contributed by atoms with Crippen LogP contribution in [0.2, 0.25) is 5.02 Å². The molecule has 6 heteroatoms. The summed E-state index contributed by atoms with van der Waals surface area (Å²) in [6, 6.07) is 13.9. The smallest absolute Gasteiger partial charge is 0.321 e. The first-order valence-corrected chi connectivity index (χ1v) is 7.24. The quantitative estimate of drug-likeness (QED) is 0.914. The molecule has 0 unspecified atom stereocenters. The number of anilines is 2. The molecule has 1 aliphatic heterocycles. The van der Waals surface area contributed by atoms with E-state index in [1.54, 1.807) is 53.4 Å². The molecule has 1 saturated heterocycles. The van der Waals surface area contributed by atoms with E-state index in [0.717, 1.165) is 5.69 Å². The largest absolute Gasteiger partial charge is 0.336 e. The summed E-state index contributed by atoms with van der Waals surface area (Å²) in [5.74, 6) is -0.266. The van der Waals surface area contributed by atoms with Gasteiger partial charge < -0.3 is 10.6 Å². The Hall–Kier alpha value is -2.53. The maximum absolute atomic E-state index is 12.2. The van der Waals surface area contributed by atoms with E-state index >= 15 is 0 Å². The van der Waals surface area contributed by atoms with E-state index in [-0.39, 0.29) is 11.9 Å². The fraction of sp³-hybridized carbons (Fsp3) is 0.125.